The second-order valence-electron chi connectivity index (χ2n) is 4.81. The molecule has 0 saturated heterocycles. The first-order valence-electron chi connectivity index (χ1n) is 6.80. The van der Waals surface area contributed by atoms with Crippen LogP contribution in [0.3, 0.4) is 0 Å². The minimum Gasteiger partial charge on any atom is -0.451 e. The molecule has 0 atom stereocenters. The lowest BCUT2D eigenvalue weighted by molar-refractivity contribution is -0.384. The van der Waals surface area contributed by atoms with Crippen molar-refractivity contribution in [3.05, 3.63) is 75.0 Å². The van der Waals surface area contributed by atoms with Crippen LogP contribution < -0.4 is 5.43 Å². The van der Waals surface area contributed by atoms with Gasteiger partial charge in [-0.3, -0.25) is 14.9 Å². The number of nitro benzene ring substituents is 1. The highest BCUT2D eigenvalue weighted by Crippen LogP contribution is 2.21. The third kappa shape index (κ3) is 3.26. The van der Waals surface area contributed by atoms with E-state index in [0.717, 1.165) is 5.39 Å². The molecule has 0 unspecified atom stereocenters. The van der Waals surface area contributed by atoms with Gasteiger partial charge >= 0.3 is 5.91 Å². The number of halogens is 1. The Hall–Kier alpha value is -3.19. The number of rotatable bonds is 4. The summed E-state index contributed by atoms with van der Waals surface area (Å²) in [4.78, 5) is 22.2. The molecule has 1 amide bonds. The number of nitro groups is 1. The van der Waals surface area contributed by atoms with Crippen LogP contribution in [0, 0.1) is 10.1 Å². The van der Waals surface area contributed by atoms with Crippen LogP contribution in [0.5, 0.6) is 0 Å². The van der Waals surface area contributed by atoms with Gasteiger partial charge in [0.2, 0.25) is 0 Å². The molecular formula is C16H10ClN3O4. The van der Waals surface area contributed by atoms with E-state index in [4.69, 9.17) is 16.0 Å². The first kappa shape index (κ1) is 15.7. The number of nitrogens with one attached hydrogen (secondary N) is 1. The van der Waals surface area contributed by atoms with Crippen LogP contribution in [0.1, 0.15) is 16.1 Å². The molecule has 24 heavy (non-hydrogen) atoms. The van der Waals surface area contributed by atoms with E-state index < -0.39 is 10.8 Å². The standard InChI is InChI=1S/C16H10ClN3O4/c17-13-6-5-12(20(22)23)7-11(13)9-18-19-16(21)15-8-10-3-1-2-4-14(10)24-15/h1-9H,(H,19,21). The largest absolute Gasteiger partial charge is 0.451 e. The Morgan fingerprint density at radius 1 is 1.25 bits per heavy atom. The Balaban J connectivity index is 1.75. The number of hydrogen-bond acceptors (Lipinski definition) is 5. The van der Waals surface area contributed by atoms with E-state index in [1.807, 2.05) is 12.1 Å². The van der Waals surface area contributed by atoms with Crippen molar-refractivity contribution in [1.82, 2.24) is 5.43 Å². The van der Waals surface area contributed by atoms with Gasteiger partial charge in [0.1, 0.15) is 5.58 Å². The van der Waals surface area contributed by atoms with E-state index in [0.29, 0.717) is 11.1 Å². The third-order valence-electron chi connectivity index (χ3n) is 3.21. The van der Waals surface area contributed by atoms with Crippen LogP contribution >= 0.6 is 11.6 Å². The lowest BCUT2D eigenvalue weighted by Gasteiger charge is -1.98. The molecule has 1 aromatic heterocycles. The molecule has 1 heterocycles. The molecule has 120 valence electrons. The highest BCUT2D eigenvalue weighted by atomic mass is 35.5. The third-order valence-corrected chi connectivity index (χ3v) is 3.55. The average molecular weight is 344 g/mol. The minimum absolute atomic E-state index is 0.110. The fourth-order valence-electron chi connectivity index (χ4n) is 2.05. The lowest BCUT2D eigenvalue weighted by Crippen LogP contribution is -2.16. The van der Waals surface area contributed by atoms with Gasteiger partial charge in [-0.1, -0.05) is 29.8 Å². The summed E-state index contributed by atoms with van der Waals surface area (Å²) in [5.41, 5.74) is 3.08. The van der Waals surface area contributed by atoms with Crippen LogP contribution in [-0.2, 0) is 0 Å². The molecule has 0 aliphatic carbocycles. The van der Waals surface area contributed by atoms with Gasteiger partial charge in [-0.15, -0.1) is 0 Å². The quantitative estimate of drug-likeness (QED) is 0.443. The van der Waals surface area contributed by atoms with Crippen LogP contribution in [0.15, 0.2) is 58.0 Å². The molecule has 3 aromatic rings. The molecular weight excluding hydrogens is 334 g/mol. The van der Waals surface area contributed by atoms with Crippen molar-refractivity contribution in [2.24, 2.45) is 5.10 Å². The summed E-state index contributed by atoms with van der Waals surface area (Å²) in [6.45, 7) is 0. The predicted octanol–water partition coefficient (Wildman–Crippen LogP) is 3.76. The molecule has 0 saturated carbocycles. The van der Waals surface area contributed by atoms with Gasteiger partial charge in [0.05, 0.1) is 11.1 Å². The number of hydrazone groups is 1. The molecule has 0 radical (unpaired) electrons. The van der Waals surface area contributed by atoms with Crippen molar-refractivity contribution in [3.8, 4) is 0 Å². The molecule has 8 heteroatoms. The van der Waals surface area contributed by atoms with Crippen LogP contribution in [0.4, 0.5) is 5.69 Å². The molecule has 0 spiro atoms. The highest BCUT2D eigenvalue weighted by molar-refractivity contribution is 6.33. The van der Waals surface area contributed by atoms with Gasteiger partial charge in [0.15, 0.2) is 5.76 Å². The van der Waals surface area contributed by atoms with E-state index in [9.17, 15) is 14.9 Å². The van der Waals surface area contributed by atoms with Crippen LogP contribution in [-0.4, -0.2) is 17.0 Å². The summed E-state index contributed by atoms with van der Waals surface area (Å²) >= 11 is 5.94. The summed E-state index contributed by atoms with van der Waals surface area (Å²) in [5.74, 6) is -0.428. The predicted molar refractivity (Wildman–Crippen MR) is 89.4 cm³/mol. The van der Waals surface area contributed by atoms with Crippen molar-refractivity contribution in [2.45, 2.75) is 0 Å². The number of nitrogens with zero attached hydrogens (tertiary/aromatic N) is 2. The summed E-state index contributed by atoms with van der Waals surface area (Å²) in [6, 6.07) is 12.7. The minimum atomic E-state index is -0.541. The van der Waals surface area contributed by atoms with E-state index in [2.05, 4.69) is 10.5 Å². The Morgan fingerprint density at radius 2 is 2.04 bits per heavy atom. The molecule has 7 nitrogen and oxygen atoms in total. The Kier molecular flexibility index (Phi) is 4.26. The monoisotopic (exact) mass is 343 g/mol. The number of furan rings is 1. The Bertz CT molecular complexity index is 932. The molecule has 0 aliphatic rings. The zero-order chi connectivity index (χ0) is 17.1. The van der Waals surface area contributed by atoms with Crippen molar-refractivity contribution >= 4 is 40.4 Å². The first-order chi connectivity index (χ1) is 11.5. The van der Waals surface area contributed by atoms with Crippen molar-refractivity contribution < 1.29 is 14.1 Å². The number of hydrogen-bond donors (Lipinski definition) is 1. The molecule has 0 bridgehead atoms. The maximum Gasteiger partial charge on any atom is 0.307 e. The smallest absolute Gasteiger partial charge is 0.307 e. The van der Waals surface area contributed by atoms with Gasteiger partial charge in [-0.2, -0.15) is 5.10 Å². The fourth-order valence-corrected chi connectivity index (χ4v) is 2.22. The fraction of sp³-hybridized carbons (Fsp3) is 0. The number of amides is 1. The Morgan fingerprint density at radius 3 is 2.79 bits per heavy atom. The average Bonchev–Trinajstić information content (AvgIpc) is 3.00. The molecule has 1 N–H and O–H groups in total. The summed E-state index contributed by atoms with van der Waals surface area (Å²) < 4.78 is 5.41. The number of benzene rings is 2. The van der Waals surface area contributed by atoms with E-state index >= 15 is 0 Å². The highest BCUT2D eigenvalue weighted by Gasteiger charge is 2.11. The summed E-state index contributed by atoms with van der Waals surface area (Å²) in [6.07, 6.45) is 1.23. The lowest BCUT2D eigenvalue weighted by atomic mass is 10.2. The normalized spacial score (nSPS) is 11.0. The maximum absolute atomic E-state index is 12.0. The van der Waals surface area contributed by atoms with Gasteiger partial charge in [-0.25, -0.2) is 5.43 Å². The van der Waals surface area contributed by atoms with Gasteiger partial charge in [0, 0.05) is 28.1 Å². The van der Waals surface area contributed by atoms with Crippen molar-refractivity contribution in [2.75, 3.05) is 0 Å². The summed E-state index contributed by atoms with van der Waals surface area (Å²) in [7, 11) is 0. The van der Waals surface area contributed by atoms with Gasteiger partial charge < -0.3 is 4.42 Å². The SMILES string of the molecule is O=C(NN=Cc1cc([N+](=O)[O-])ccc1Cl)c1cc2ccccc2o1. The van der Waals surface area contributed by atoms with Crippen molar-refractivity contribution in [1.29, 1.82) is 0 Å². The van der Waals surface area contributed by atoms with Gasteiger partial charge in [0.25, 0.3) is 5.69 Å². The van der Waals surface area contributed by atoms with Crippen molar-refractivity contribution in [3.63, 3.8) is 0 Å². The number of non-ortho nitro benzene ring substituents is 1. The first-order valence-corrected chi connectivity index (χ1v) is 7.18. The number of carbonyl (C=O) groups is 1. The molecule has 3 rings (SSSR count). The second-order valence-corrected chi connectivity index (χ2v) is 5.22. The van der Waals surface area contributed by atoms with E-state index in [-0.39, 0.29) is 16.5 Å². The second kappa shape index (κ2) is 6.51. The Labute approximate surface area is 140 Å². The number of carbonyl (C=O) groups excluding carboxylic acids is 1. The topological polar surface area (TPSA) is 97.7 Å². The number of para-hydroxylation sites is 1. The van der Waals surface area contributed by atoms with Crippen LogP contribution in [0.2, 0.25) is 5.02 Å². The van der Waals surface area contributed by atoms with Crippen LogP contribution in [0.25, 0.3) is 11.0 Å². The molecule has 0 fully saturated rings. The van der Waals surface area contributed by atoms with E-state index in [1.165, 1.54) is 24.4 Å². The maximum atomic E-state index is 12.0. The number of fused-ring (bicyclic) bond motifs is 1. The zero-order valence-electron chi connectivity index (χ0n) is 12.1. The molecule has 0 aliphatic heterocycles. The van der Waals surface area contributed by atoms with E-state index in [1.54, 1.807) is 18.2 Å². The van der Waals surface area contributed by atoms with Gasteiger partial charge in [-0.05, 0) is 18.2 Å². The molecule has 2 aromatic carbocycles. The zero-order valence-corrected chi connectivity index (χ0v) is 12.9. The summed E-state index contributed by atoms with van der Waals surface area (Å²) in [5, 5.41) is 15.6.